The molecule has 1 aliphatic carbocycles. The van der Waals surface area contributed by atoms with Crippen molar-refractivity contribution in [3.63, 3.8) is 0 Å². The maximum absolute atomic E-state index is 5.66. The Labute approximate surface area is 315 Å². The van der Waals surface area contributed by atoms with E-state index in [1.54, 1.807) is 0 Å². The third kappa shape index (κ3) is 3.57. The lowest BCUT2D eigenvalue weighted by molar-refractivity contribution is 0.663. The highest BCUT2D eigenvalue weighted by atomic mass is 15.2. The van der Waals surface area contributed by atoms with Crippen molar-refractivity contribution in [1.29, 1.82) is 0 Å². The molecule has 8 aromatic carbocycles. The molecule has 12 aromatic rings. The third-order valence-electron chi connectivity index (χ3n) is 12.6. The van der Waals surface area contributed by atoms with Crippen LogP contribution in [0.4, 0.5) is 0 Å². The molecule has 0 bridgehead atoms. The second-order valence-electron chi connectivity index (χ2n) is 15.7. The van der Waals surface area contributed by atoms with Gasteiger partial charge in [-0.2, -0.15) is 0 Å². The predicted octanol–water partition coefficient (Wildman–Crippen LogP) is 13.0. The first-order valence-electron chi connectivity index (χ1n) is 19.1. The molecular formula is C51H32N4. The molecule has 13 rings (SSSR count). The van der Waals surface area contributed by atoms with Crippen LogP contribution in [0.1, 0.15) is 25.0 Å². The van der Waals surface area contributed by atoms with Crippen molar-refractivity contribution in [2.45, 2.75) is 19.3 Å². The Kier molecular flexibility index (Phi) is 5.42. The molecule has 4 nitrogen and oxygen atoms in total. The van der Waals surface area contributed by atoms with Crippen LogP contribution < -0.4 is 0 Å². The first-order valence-corrected chi connectivity index (χ1v) is 19.1. The third-order valence-corrected chi connectivity index (χ3v) is 12.6. The van der Waals surface area contributed by atoms with Gasteiger partial charge in [0.1, 0.15) is 0 Å². The van der Waals surface area contributed by atoms with Gasteiger partial charge in [-0.3, -0.25) is 4.57 Å². The number of hydrogen-bond acceptors (Lipinski definition) is 2. The van der Waals surface area contributed by atoms with Crippen LogP contribution >= 0.6 is 0 Å². The maximum atomic E-state index is 5.66. The first kappa shape index (κ1) is 29.4. The van der Waals surface area contributed by atoms with E-state index in [9.17, 15) is 0 Å². The number of nitrogens with zero attached hydrogens (tertiary/aromatic N) is 4. The number of aromatic nitrogens is 4. The normalized spacial score (nSPS) is 13.8. The fraction of sp³-hybridized carbons (Fsp3) is 0.0588. The van der Waals surface area contributed by atoms with Gasteiger partial charge >= 0.3 is 0 Å². The van der Waals surface area contributed by atoms with E-state index in [4.69, 9.17) is 9.97 Å². The van der Waals surface area contributed by atoms with Crippen molar-refractivity contribution >= 4 is 81.6 Å². The summed E-state index contributed by atoms with van der Waals surface area (Å²) in [6.07, 6.45) is 0. The Hall–Kier alpha value is -7.04. The zero-order valence-corrected chi connectivity index (χ0v) is 30.3. The van der Waals surface area contributed by atoms with Crippen LogP contribution in [0.25, 0.3) is 110 Å². The van der Waals surface area contributed by atoms with Crippen molar-refractivity contribution in [1.82, 2.24) is 18.9 Å². The van der Waals surface area contributed by atoms with Crippen LogP contribution in [0.5, 0.6) is 0 Å². The standard InChI is InChI=1S/C51H32N4/c1-51(2)38-23-10-8-18-32(38)37-28-42-45-44-34(36-22-12-21-35-33-19-9-11-24-40(33)54(42)48(35)36)20-13-25-41(44)55(49(45)46(37)51)50-52-39-27-26-29-14-6-7-17-31(29)43(39)47(53-50)30-15-4-3-5-16-30/h3-28H,1-2H3. The van der Waals surface area contributed by atoms with Gasteiger partial charge in [0.15, 0.2) is 0 Å². The molecule has 0 fully saturated rings. The van der Waals surface area contributed by atoms with Crippen LogP contribution in [0, 0.1) is 0 Å². The Morgan fingerprint density at radius 1 is 0.473 bits per heavy atom. The molecule has 0 atom stereocenters. The summed E-state index contributed by atoms with van der Waals surface area (Å²) in [6, 6.07) is 57.6. The lowest BCUT2D eigenvalue weighted by atomic mass is 9.81. The van der Waals surface area contributed by atoms with Gasteiger partial charge in [0.2, 0.25) is 5.95 Å². The summed E-state index contributed by atoms with van der Waals surface area (Å²) in [5.74, 6) is 0.682. The molecule has 0 unspecified atom stereocenters. The number of hydrogen-bond donors (Lipinski definition) is 0. The van der Waals surface area contributed by atoms with Gasteiger partial charge in [-0.1, -0.05) is 147 Å². The Morgan fingerprint density at radius 3 is 2.05 bits per heavy atom. The minimum atomic E-state index is -0.278. The minimum absolute atomic E-state index is 0.278. The quantitative estimate of drug-likeness (QED) is 0.168. The Morgan fingerprint density at radius 2 is 1.16 bits per heavy atom. The minimum Gasteiger partial charge on any atom is -0.308 e. The molecule has 0 amide bonds. The molecular weight excluding hydrogens is 669 g/mol. The van der Waals surface area contributed by atoms with Gasteiger partial charge < -0.3 is 4.40 Å². The molecule has 4 aromatic heterocycles. The van der Waals surface area contributed by atoms with Gasteiger partial charge in [0, 0.05) is 43.3 Å². The highest BCUT2D eigenvalue weighted by molar-refractivity contribution is 6.32. The van der Waals surface area contributed by atoms with Gasteiger partial charge in [-0.25, -0.2) is 9.97 Å². The monoisotopic (exact) mass is 700 g/mol. The van der Waals surface area contributed by atoms with Gasteiger partial charge in [0.05, 0.1) is 38.8 Å². The largest absolute Gasteiger partial charge is 0.308 e. The van der Waals surface area contributed by atoms with Crippen molar-refractivity contribution in [2.75, 3.05) is 0 Å². The number of benzene rings is 8. The summed E-state index contributed by atoms with van der Waals surface area (Å²) < 4.78 is 4.95. The van der Waals surface area contributed by atoms with Crippen LogP contribution in [-0.4, -0.2) is 18.9 Å². The van der Waals surface area contributed by atoms with Crippen LogP contribution in [0.3, 0.4) is 0 Å². The average molecular weight is 701 g/mol. The molecule has 256 valence electrons. The zero-order chi connectivity index (χ0) is 36.2. The smallest absolute Gasteiger partial charge is 0.235 e. The molecule has 0 radical (unpaired) electrons. The Bertz CT molecular complexity index is 3620. The molecule has 4 heteroatoms. The zero-order valence-electron chi connectivity index (χ0n) is 30.3. The predicted molar refractivity (Wildman–Crippen MR) is 229 cm³/mol. The van der Waals surface area contributed by atoms with E-state index >= 15 is 0 Å². The molecule has 1 aliphatic rings. The fourth-order valence-electron chi connectivity index (χ4n) is 10.4. The molecule has 55 heavy (non-hydrogen) atoms. The molecule has 0 spiro atoms. The van der Waals surface area contributed by atoms with Crippen LogP contribution in [0.2, 0.25) is 0 Å². The van der Waals surface area contributed by atoms with Crippen LogP contribution in [0.15, 0.2) is 158 Å². The van der Waals surface area contributed by atoms with E-state index in [1.807, 2.05) is 0 Å². The second kappa shape index (κ2) is 10.1. The fourth-order valence-corrected chi connectivity index (χ4v) is 10.4. The Balaban J connectivity index is 1.32. The van der Waals surface area contributed by atoms with E-state index in [1.165, 1.54) is 82.0 Å². The highest BCUT2D eigenvalue weighted by Crippen LogP contribution is 2.55. The van der Waals surface area contributed by atoms with Gasteiger partial charge in [-0.05, 0) is 62.7 Å². The van der Waals surface area contributed by atoms with E-state index in [-0.39, 0.29) is 5.41 Å². The van der Waals surface area contributed by atoms with E-state index in [0.29, 0.717) is 5.95 Å². The second-order valence-corrected chi connectivity index (χ2v) is 15.7. The summed E-state index contributed by atoms with van der Waals surface area (Å²) in [7, 11) is 0. The number of rotatable bonds is 2. The van der Waals surface area contributed by atoms with E-state index in [0.717, 1.165) is 33.1 Å². The number of para-hydroxylation sites is 2. The lowest BCUT2D eigenvalue weighted by Gasteiger charge is -2.24. The summed E-state index contributed by atoms with van der Waals surface area (Å²) in [5.41, 5.74) is 13.8. The molecule has 0 saturated carbocycles. The molecule has 4 heterocycles. The first-order chi connectivity index (χ1) is 27.1. The van der Waals surface area contributed by atoms with E-state index < -0.39 is 0 Å². The summed E-state index contributed by atoms with van der Waals surface area (Å²) in [4.78, 5) is 11.2. The molecule has 0 N–H and O–H groups in total. The number of fused-ring (bicyclic) bond motifs is 12. The molecule has 0 aliphatic heterocycles. The molecule has 0 saturated heterocycles. The SMILES string of the molecule is CC1(C)c2ccccc2-c2cc3c4c5c(cccc5n(-c5nc(-c6ccccc6)c6c(ccc7ccccc76)n5)c4c21)c1cccc2c4ccccc4n3c12. The topological polar surface area (TPSA) is 35.1 Å². The van der Waals surface area contributed by atoms with Crippen molar-refractivity contribution < 1.29 is 0 Å². The summed E-state index contributed by atoms with van der Waals surface area (Å²) in [5, 5.41) is 10.9. The van der Waals surface area contributed by atoms with Gasteiger partial charge in [0.25, 0.3) is 0 Å². The van der Waals surface area contributed by atoms with Gasteiger partial charge in [-0.15, -0.1) is 0 Å². The van der Waals surface area contributed by atoms with Crippen molar-refractivity contribution in [2.24, 2.45) is 0 Å². The van der Waals surface area contributed by atoms with Crippen molar-refractivity contribution in [3.05, 3.63) is 169 Å². The average Bonchev–Trinajstić information content (AvgIpc) is 3.80. The van der Waals surface area contributed by atoms with Crippen LogP contribution in [-0.2, 0) is 5.41 Å². The summed E-state index contributed by atoms with van der Waals surface area (Å²) >= 11 is 0. The highest BCUT2D eigenvalue weighted by Gasteiger charge is 2.40. The van der Waals surface area contributed by atoms with Crippen molar-refractivity contribution in [3.8, 4) is 28.3 Å². The summed E-state index contributed by atoms with van der Waals surface area (Å²) in [6.45, 7) is 4.78. The van der Waals surface area contributed by atoms with E-state index in [2.05, 4.69) is 181 Å². The lowest BCUT2D eigenvalue weighted by Crippen LogP contribution is -2.17. The maximum Gasteiger partial charge on any atom is 0.235 e.